The molecular formula is C8H14N2O2. The highest BCUT2D eigenvalue weighted by molar-refractivity contribution is 5.65. The van der Waals surface area contributed by atoms with E-state index in [4.69, 9.17) is 16.2 Å². The molecule has 0 spiro atoms. The second-order valence-corrected chi connectivity index (χ2v) is 3.12. The quantitative estimate of drug-likeness (QED) is 0.606. The minimum atomic E-state index is -0.757. The highest BCUT2D eigenvalue weighted by Gasteiger charge is 2.46. The van der Waals surface area contributed by atoms with Crippen molar-refractivity contribution in [1.29, 1.82) is 0 Å². The number of carbonyl (C=O) groups is 1. The monoisotopic (exact) mass is 170 g/mol. The van der Waals surface area contributed by atoms with Gasteiger partial charge in [-0.15, -0.1) is 6.58 Å². The van der Waals surface area contributed by atoms with Gasteiger partial charge in [0, 0.05) is 12.5 Å². The Morgan fingerprint density at radius 1 is 1.83 bits per heavy atom. The molecule has 0 unspecified atom stereocenters. The molecule has 0 aliphatic heterocycles. The zero-order valence-electron chi connectivity index (χ0n) is 6.95. The van der Waals surface area contributed by atoms with Crippen LogP contribution in [0.5, 0.6) is 0 Å². The van der Waals surface area contributed by atoms with Crippen molar-refractivity contribution in [2.24, 2.45) is 11.5 Å². The number of ether oxygens (including phenoxy) is 1. The SMILES string of the molecule is C=CC[C@]1(OC(N)=O)CC[C@H]1N. The normalized spacial score (nSPS) is 33.6. The fourth-order valence-electron chi connectivity index (χ4n) is 1.50. The van der Waals surface area contributed by atoms with Crippen molar-refractivity contribution in [2.45, 2.75) is 30.9 Å². The van der Waals surface area contributed by atoms with E-state index in [0.717, 1.165) is 12.8 Å². The lowest BCUT2D eigenvalue weighted by Gasteiger charge is -2.45. The first-order chi connectivity index (χ1) is 5.60. The summed E-state index contributed by atoms with van der Waals surface area (Å²) in [5, 5.41) is 0. The highest BCUT2D eigenvalue weighted by Crippen LogP contribution is 2.37. The van der Waals surface area contributed by atoms with Crippen molar-refractivity contribution < 1.29 is 9.53 Å². The van der Waals surface area contributed by atoms with Gasteiger partial charge in [0.2, 0.25) is 0 Å². The number of rotatable bonds is 3. The summed E-state index contributed by atoms with van der Waals surface area (Å²) in [7, 11) is 0. The molecule has 4 nitrogen and oxygen atoms in total. The Morgan fingerprint density at radius 2 is 2.50 bits per heavy atom. The van der Waals surface area contributed by atoms with Crippen LogP contribution in [0.2, 0.25) is 0 Å². The predicted octanol–water partition coefficient (Wildman–Crippen LogP) is 0.518. The minimum absolute atomic E-state index is 0.0944. The third-order valence-electron chi connectivity index (χ3n) is 2.35. The summed E-state index contributed by atoms with van der Waals surface area (Å²) in [5.41, 5.74) is 10.1. The molecule has 0 aromatic rings. The fraction of sp³-hybridized carbons (Fsp3) is 0.625. The largest absolute Gasteiger partial charge is 0.441 e. The Labute approximate surface area is 71.6 Å². The van der Waals surface area contributed by atoms with E-state index in [2.05, 4.69) is 6.58 Å². The van der Waals surface area contributed by atoms with E-state index in [0.29, 0.717) is 6.42 Å². The minimum Gasteiger partial charge on any atom is -0.441 e. The second kappa shape index (κ2) is 3.15. The van der Waals surface area contributed by atoms with Gasteiger partial charge in [-0.25, -0.2) is 4.79 Å². The molecule has 0 aromatic heterocycles. The van der Waals surface area contributed by atoms with Gasteiger partial charge in [0.1, 0.15) is 5.60 Å². The second-order valence-electron chi connectivity index (χ2n) is 3.12. The Kier molecular flexibility index (Phi) is 2.38. The smallest absolute Gasteiger partial charge is 0.405 e. The molecule has 1 rings (SSSR count). The van der Waals surface area contributed by atoms with E-state index in [9.17, 15) is 4.79 Å². The molecule has 1 fully saturated rings. The van der Waals surface area contributed by atoms with Crippen molar-refractivity contribution in [3.05, 3.63) is 12.7 Å². The van der Waals surface area contributed by atoms with Crippen LogP contribution >= 0.6 is 0 Å². The summed E-state index contributed by atoms with van der Waals surface area (Å²) in [6, 6.07) is -0.0944. The Morgan fingerprint density at radius 3 is 2.75 bits per heavy atom. The molecule has 0 aromatic carbocycles. The molecule has 2 atom stereocenters. The maximum Gasteiger partial charge on any atom is 0.405 e. The summed E-state index contributed by atoms with van der Waals surface area (Å²) in [6.07, 6.45) is 3.18. The fourth-order valence-corrected chi connectivity index (χ4v) is 1.50. The number of amides is 1. The third-order valence-corrected chi connectivity index (χ3v) is 2.35. The first-order valence-corrected chi connectivity index (χ1v) is 3.95. The van der Waals surface area contributed by atoms with Gasteiger partial charge in [-0.3, -0.25) is 0 Å². The molecule has 1 aliphatic carbocycles. The molecule has 0 radical (unpaired) electrons. The van der Waals surface area contributed by atoms with E-state index in [1.807, 2.05) is 0 Å². The number of primary amides is 1. The van der Waals surface area contributed by atoms with Gasteiger partial charge in [-0.1, -0.05) is 6.08 Å². The van der Waals surface area contributed by atoms with Gasteiger partial charge in [-0.05, 0) is 12.8 Å². The first-order valence-electron chi connectivity index (χ1n) is 3.95. The molecule has 0 bridgehead atoms. The number of nitrogens with two attached hydrogens (primary N) is 2. The molecule has 0 heterocycles. The van der Waals surface area contributed by atoms with Crippen molar-refractivity contribution in [3.63, 3.8) is 0 Å². The first kappa shape index (κ1) is 9.06. The summed E-state index contributed by atoms with van der Waals surface area (Å²) < 4.78 is 4.97. The topological polar surface area (TPSA) is 78.3 Å². The maximum absolute atomic E-state index is 10.5. The van der Waals surface area contributed by atoms with Crippen molar-refractivity contribution >= 4 is 6.09 Å². The van der Waals surface area contributed by atoms with Gasteiger partial charge < -0.3 is 16.2 Å². The van der Waals surface area contributed by atoms with Gasteiger partial charge in [0.05, 0.1) is 0 Å². The van der Waals surface area contributed by atoms with Gasteiger partial charge in [0.25, 0.3) is 0 Å². The summed E-state index contributed by atoms with van der Waals surface area (Å²) in [4.78, 5) is 10.5. The van der Waals surface area contributed by atoms with Crippen LogP contribution in [0.3, 0.4) is 0 Å². The maximum atomic E-state index is 10.5. The van der Waals surface area contributed by atoms with E-state index >= 15 is 0 Å². The zero-order valence-corrected chi connectivity index (χ0v) is 6.95. The van der Waals surface area contributed by atoms with E-state index < -0.39 is 11.7 Å². The molecule has 1 saturated carbocycles. The molecule has 1 aliphatic rings. The third kappa shape index (κ3) is 1.43. The van der Waals surface area contributed by atoms with Gasteiger partial charge in [-0.2, -0.15) is 0 Å². The summed E-state index contributed by atoms with van der Waals surface area (Å²) >= 11 is 0. The number of hydrogen-bond acceptors (Lipinski definition) is 3. The van der Waals surface area contributed by atoms with Crippen molar-refractivity contribution in [2.75, 3.05) is 0 Å². The lowest BCUT2D eigenvalue weighted by Crippen LogP contribution is -2.59. The number of carbonyl (C=O) groups excluding carboxylic acids is 1. The van der Waals surface area contributed by atoms with Crippen LogP contribution in [0.4, 0.5) is 4.79 Å². The highest BCUT2D eigenvalue weighted by atomic mass is 16.6. The van der Waals surface area contributed by atoms with E-state index in [1.54, 1.807) is 6.08 Å². The average molecular weight is 170 g/mol. The number of hydrogen-bond donors (Lipinski definition) is 2. The van der Waals surface area contributed by atoms with Gasteiger partial charge >= 0.3 is 6.09 Å². The van der Waals surface area contributed by atoms with E-state index in [1.165, 1.54) is 0 Å². The summed E-state index contributed by atoms with van der Waals surface area (Å²) in [6.45, 7) is 3.58. The van der Waals surface area contributed by atoms with Crippen LogP contribution in [0.25, 0.3) is 0 Å². The Bertz CT molecular complexity index is 205. The Balaban J connectivity index is 2.59. The zero-order chi connectivity index (χ0) is 9.19. The molecule has 4 heteroatoms. The molecule has 1 amide bonds. The van der Waals surface area contributed by atoms with Crippen LogP contribution in [-0.2, 0) is 4.74 Å². The lowest BCUT2D eigenvalue weighted by molar-refractivity contribution is -0.0592. The summed E-state index contributed by atoms with van der Waals surface area (Å²) in [5.74, 6) is 0. The standard InChI is InChI=1S/C8H14N2O2/c1-2-4-8(12-7(10)11)5-3-6(8)9/h2,6H,1,3-5,9H2,(H2,10,11)/t6-,8+/m1/s1. The average Bonchev–Trinajstić information content (AvgIpc) is 2.00. The van der Waals surface area contributed by atoms with Crippen LogP contribution in [0, 0.1) is 0 Å². The molecule has 0 saturated heterocycles. The van der Waals surface area contributed by atoms with Crippen molar-refractivity contribution in [1.82, 2.24) is 0 Å². The van der Waals surface area contributed by atoms with Crippen LogP contribution in [0.15, 0.2) is 12.7 Å². The molecule has 4 N–H and O–H groups in total. The van der Waals surface area contributed by atoms with Crippen LogP contribution < -0.4 is 11.5 Å². The lowest BCUT2D eigenvalue weighted by atomic mass is 9.73. The molecule has 12 heavy (non-hydrogen) atoms. The molecule has 68 valence electrons. The van der Waals surface area contributed by atoms with Crippen molar-refractivity contribution in [3.8, 4) is 0 Å². The van der Waals surface area contributed by atoms with Crippen LogP contribution in [0.1, 0.15) is 19.3 Å². The predicted molar refractivity (Wildman–Crippen MR) is 45.4 cm³/mol. The molecular weight excluding hydrogens is 156 g/mol. The van der Waals surface area contributed by atoms with Gasteiger partial charge in [0.15, 0.2) is 0 Å². The van der Waals surface area contributed by atoms with E-state index in [-0.39, 0.29) is 6.04 Å². The Hall–Kier alpha value is -1.03. The van der Waals surface area contributed by atoms with Crippen LogP contribution in [-0.4, -0.2) is 17.7 Å².